The predicted molar refractivity (Wildman–Crippen MR) is 103 cm³/mol. The van der Waals surface area contributed by atoms with Crippen molar-refractivity contribution in [1.29, 1.82) is 0 Å². The number of aromatic nitrogens is 1. The normalized spacial score (nSPS) is 13.3. The second kappa shape index (κ2) is 8.17. The van der Waals surface area contributed by atoms with Crippen molar-refractivity contribution in [3.63, 3.8) is 0 Å². The van der Waals surface area contributed by atoms with Crippen LogP contribution in [0.5, 0.6) is 17.2 Å². The monoisotopic (exact) mass is 379 g/mol. The highest BCUT2D eigenvalue weighted by atomic mass is 16.5. The van der Waals surface area contributed by atoms with Crippen molar-refractivity contribution < 1.29 is 23.8 Å². The van der Waals surface area contributed by atoms with Crippen molar-refractivity contribution >= 4 is 5.97 Å². The van der Waals surface area contributed by atoms with Crippen molar-refractivity contribution in [3.8, 4) is 28.7 Å². The SMILES string of the molecule is O=C(O)CCc1cnc(-c2ccc(Oc3cccc(OCC4CC4)c3)cc2)o1. The Balaban J connectivity index is 1.38. The van der Waals surface area contributed by atoms with Crippen LogP contribution in [0, 0.1) is 5.92 Å². The van der Waals surface area contributed by atoms with Gasteiger partial charge in [-0.1, -0.05) is 6.07 Å². The van der Waals surface area contributed by atoms with Crippen LogP contribution in [0.2, 0.25) is 0 Å². The molecule has 6 nitrogen and oxygen atoms in total. The summed E-state index contributed by atoms with van der Waals surface area (Å²) in [5.41, 5.74) is 0.801. The quantitative estimate of drug-likeness (QED) is 0.567. The Labute approximate surface area is 162 Å². The third-order valence-electron chi connectivity index (χ3n) is 4.46. The van der Waals surface area contributed by atoms with E-state index in [0.717, 1.165) is 17.9 Å². The Morgan fingerprint density at radius 3 is 2.64 bits per heavy atom. The maximum atomic E-state index is 10.6. The third-order valence-corrected chi connectivity index (χ3v) is 4.46. The maximum Gasteiger partial charge on any atom is 0.303 e. The van der Waals surface area contributed by atoms with Gasteiger partial charge in [-0.2, -0.15) is 0 Å². The number of aryl methyl sites for hydroxylation is 1. The molecule has 0 saturated heterocycles. The molecule has 1 aliphatic rings. The van der Waals surface area contributed by atoms with Crippen molar-refractivity contribution in [2.75, 3.05) is 6.61 Å². The first kappa shape index (κ1) is 18.1. The van der Waals surface area contributed by atoms with Gasteiger partial charge in [0.05, 0.1) is 19.2 Å². The fraction of sp³-hybridized carbons (Fsp3) is 0.273. The molecule has 0 unspecified atom stereocenters. The maximum absolute atomic E-state index is 10.6. The fourth-order valence-electron chi connectivity index (χ4n) is 2.71. The van der Waals surface area contributed by atoms with E-state index in [1.54, 1.807) is 6.20 Å². The Morgan fingerprint density at radius 2 is 1.89 bits per heavy atom. The number of nitrogens with zero attached hydrogens (tertiary/aromatic N) is 1. The molecule has 1 saturated carbocycles. The molecule has 1 aromatic heterocycles. The van der Waals surface area contributed by atoms with Crippen LogP contribution in [-0.4, -0.2) is 22.7 Å². The lowest BCUT2D eigenvalue weighted by Crippen LogP contribution is -1.98. The zero-order chi connectivity index (χ0) is 19.3. The van der Waals surface area contributed by atoms with Gasteiger partial charge in [0.1, 0.15) is 23.0 Å². The third kappa shape index (κ3) is 4.91. The molecular formula is C22H21NO5. The van der Waals surface area contributed by atoms with E-state index in [4.69, 9.17) is 19.0 Å². The second-order valence-electron chi connectivity index (χ2n) is 6.88. The highest BCUT2D eigenvalue weighted by molar-refractivity contribution is 5.67. The van der Waals surface area contributed by atoms with Gasteiger partial charge in [0.25, 0.3) is 0 Å². The number of hydrogen-bond donors (Lipinski definition) is 1. The van der Waals surface area contributed by atoms with Crippen molar-refractivity contribution in [2.45, 2.75) is 25.7 Å². The smallest absolute Gasteiger partial charge is 0.303 e. The van der Waals surface area contributed by atoms with E-state index in [0.29, 0.717) is 35.5 Å². The number of benzene rings is 2. The summed E-state index contributed by atoms with van der Waals surface area (Å²) in [4.78, 5) is 14.9. The van der Waals surface area contributed by atoms with Crippen LogP contribution in [0.3, 0.4) is 0 Å². The highest BCUT2D eigenvalue weighted by Crippen LogP contribution is 2.31. The van der Waals surface area contributed by atoms with Gasteiger partial charge in [0.2, 0.25) is 5.89 Å². The molecule has 2 aromatic carbocycles. The zero-order valence-electron chi connectivity index (χ0n) is 15.3. The standard InChI is InChI=1S/C22H21NO5/c24-21(25)11-10-20-13-23-22(28-20)16-6-8-17(9-7-16)27-19-3-1-2-18(12-19)26-14-15-4-5-15/h1-3,6-9,12-13,15H,4-5,10-11,14H2,(H,24,25). The summed E-state index contributed by atoms with van der Waals surface area (Å²) >= 11 is 0. The molecule has 1 aliphatic carbocycles. The predicted octanol–water partition coefficient (Wildman–Crippen LogP) is 4.94. The molecule has 1 fully saturated rings. The Bertz CT molecular complexity index is 944. The van der Waals surface area contributed by atoms with Crippen LogP contribution in [-0.2, 0) is 11.2 Å². The van der Waals surface area contributed by atoms with Gasteiger partial charge in [0.15, 0.2) is 0 Å². The second-order valence-corrected chi connectivity index (χ2v) is 6.88. The first-order valence-corrected chi connectivity index (χ1v) is 9.33. The van der Waals surface area contributed by atoms with Crippen LogP contribution in [0.25, 0.3) is 11.5 Å². The number of hydrogen-bond acceptors (Lipinski definition) is 5. The molecule has 0 aliphatic heterocycles. The lowest BCUT2D eigenvalue weighted by atomic mass is 10.2. The number of rotatable bonds is 9. The molecule has 1 N–H and O–H groups in total. The summed E-state index contributed by atoms with van der Waals surface area (Å²) in [6.07, 6.45) is 4.42. The minimum absolute atomic E-state index is 0.0187. The van der Waals surface area contributed by atoms with Crippen LogP contribution in [0.15, 0.2) is 59.1 Å². The van der Waals surface area contributed by atoms with E-state index in [1.807, 2.05) is 48.5 Å². The summed E-state index contributed by atoms with van der Waals surface area (Å²) in [5, 5.41) is 8.74. The molecule has 4 rings (SSSR count). The Morgan fingerprint density at radius 1 is 1.11 bits per heavy atom. The van der Waals surface area contributed by atoms with Gasteiger partial charge < -0.3 is 19.0 Å². The molecule has 0 spiro atoms. The average Bonchev–Trinajstić information content (AvgIpc) is 3.41. The Kier molecular flexibility index (Phi) is 5.28. The highest BCUT2D eigenvalue weighted by Gasteiger charge is 2.21. The summed E-state index contributed by atoms with van der Waals surface area (Å²) in [5.74, 6) is 3.09. The molecule has 0 radical (unpaired) electrons. The van der Waals surface area contributed by atoms with E-state index in [1.165, 1.54) is 12.8 Å². The van der Waals surface area contributed by atoms with Gasteiger partial charge in [-0.05, 0) is 55.2 Å². The van der Waals surface area contributed by atoms with E-state index < -0.39 is 5.97 Å². The summed E-state index contributed by atoms with van der Waals surface area (Å²) in [6, 6.07) is 15.0. The molecule has 0 bridgehead atoms. The zero-order valence-corrected chi connectivity index (χ0v) is 15.3. The minimum Gasteiger partial charge on any atom is -0.493 e. The van der Waals surface area contributed by atoms with Crippen molar-refractivity contribution in [3.05, 3.63) is 60.5 Å². The summed E-state index contributed by atoms with van der Waals surface area (Å²) in [7, 11) is 0. The molecule has 0 amide bonds. The molecule has 0 atom stereocenters. The lowest BCUT2D eigenvalue weighted by molar-refractivity contribution is -0.137. The van der Waals surface area contributed by atoms with Gasteiger partial charge in [-0.3, -0.25) is 4.79 Å². The van der Waals surface area contributed by atoms with Crippen LogP contribution in [0.4, 0.5) is 0 Å². The van der Waals surface area contributed by atoms with Crippen LogP contribution < -0.4 is 9.47 Å². The van der Waals surface area contributed by atoms with Gasteiger partial charge >= 0.3 is 5.97 Å². The number of carboxylic acid groups (broad SMARTS) is 1. The number of carbonyl (C=O) groups is 1. The molecule has 6 heteroatoms. The Hall–Kier alpha value is -3.28. The van der Waals surface area contributed by atoms with E-state index >= 15 is 0 Å². The number of aliphatic carboxylic acids is 1. The first-order valence-electron chi connectivity index (χ1n) is 9.33. The number of oxazole rings is 1. The van der Waals surface area contributed by atoms with Gasteiger partial charge in [-0.15, -0.1) is 0 Å². The van der Waals surface area contributed by atoms with Crippen molar-refractivity contribution in [1.82, 2.24) is 4.98 Å². The van der Waals surface area contributed by atoms with E-state index in [2.05, 4.69) is 4.98 Å². The number of carboxylic acids is 1. The lowest BCUT2D eigenvalue weighted by Gasteiger charge is -2.09. The van der Waals surface area contributed by atoms with E-state index in [-0.39, 0.29) is 6.42 Å². The van der Waals surface area contributed by atoms with Gasteiger partial charge in [0, 0.05) is 18.1 Å². The number of ether oxygens (including phenoxy) is 2. The first-order chi connectivity index (χ1) is 13.7. The molecule has 1 heterocycles. The minimum atomic E-state index is -0.860. The molecule has 28 heavy (non-hydrogen) atoms. The molecule has 3 aromatic rings. The van der Waals surface area contributed by atoms with Crippen LogP contribution >= 0.6 is 0 Å². The largest absolute Gasteiger partial charge is 0.493 e. The average molecular weight is 379 g/mol. The summed E-state index contributed by atoms with van der Waals surface area (Å²) in [6.45, 7) is 0.767. The van der Waals surface area contributed by atoms with Crippen LogP contribution in [0.1, 0.15) is 25.0 Å². The molecule has 144 valence electrons. The fourth-order valence-corrected chi connectivity index (χ4v) is 2.71. The van der Waals surface area contributed by atoms with Crippen molar-refractivity contribution in [2.24, 2.45) is 5.92 Å². The van der Waals surface area contributed by atoms with E-state index in [9.17, 15) is 4.79 Å². The van der Waals surface area contributed by atoms with Gasteiger partial charge in [-0.25, -0.2) is 4.98 Å². The topological polar surface area (TPSA) is 81.8 Å². The molecular weight excluding hydrogens is 358 g/mol. The summed E-state index contributed by atoms with van der Waals surface area (Å²) < 4.78 is 17.3.